The number of rotatable bonds is 4. The fourth-order valence-corrected chi connectivity index (χ4v) is 4.64. The second-order valence-electron chi connectivity index (χ2n) is 2.22. The molecule has 2 atom stereocenters. The molecule has 0 spiro atoms. The molecule has 0 N–H and O–H groups in total. The molecule has 11 heteroatoms. The Bertz CT molecular complexity index is 279. The molecular formula is C2H5O8P3-4. The van der Waals surface area contributed by atoms with Crippen molar-refractivity contribution >= 4 is 22.8 Å². The van der Waals surface area contributed by atoms with E-state index in [2.05, 4.69) is 4.31 Å². The summed E-state index contributed by atoms with van der Waals surface area (Å²) in [5, 5.41) is 0. The minimum Gasteiger partial charge on any atom is -0.810 e. The maximum Gasteiger partial charge on any atom is 0.146 e. The van der Waals surface area contributed by atoms with E-state index >= 15 is 0 Å². The summed E-state index contributed by atoms with van der Waals surface area (Å²) in [5.41, 5.74) is 0. The van der Waals surface area contributed by atoms with Crippen LogP contribution in [0.2, 0.25) is 0 Å². The first-order chi connectivity index (χ1) is 5.41. The maximum atomic E-state index is 10.5. The summed E-state index contributed by atoms with van der Waals surface area (Å²) in [5.74, 6) is -1.85. The van der Waals surface area contributed by atoms with Gasteiger partial charge in [-0.05, 0) is 0 Å². The van der Waals surface area contributed by atoms with Gasteiger partial charge in [-0.2, -0.15) is 0 Å². The lowest BCUT2D eigenvalue weighted by Crippen LogP contribution is -2.21. The van der Waals surface area contributed by atoms with Crippen molar-refractivity contribution in [3.05, 3.63) is 0 Å². The van der Waals surface area contributed by atoms with Gasteiger partial charge in [0, 0.05) is 12.6 Å². The van der Waals surface area contributed by atoms with Gasteiger partial charge in [0.05, 0.1) is 0 Å². The average molecular weight is 250 g/mol. The standard InChI is InChI=1S/C2H9O8P3/c1-11(3,4)10-13(8,9)2-12(5,6)7/h2H2,1H3,(H,3,4)(H,8,9)(H2,5,6,7)/p-4. The van der Waals surface area contributed by atoms with Crippen molar-refractivity contribution in [2.45, 2.75) is 0 Å². The highest BCUT2D eigenvalue weighted by Crippen LogP contribution is 2.56. The minimum absolute atomic E-state index is 0.443. The van der Waals surface area contributed by atoms with E-state index in [1.54, 1.807) is 0 Å². The molecule has 0 aliphatic rings. The second-order valence-corrected chi connectivity index (χ2v) is 7.99. The van der Waals surface area contributed by atoms with Crippen molar-refractivity contribution in [1.82, 2.24) is 0 Å². The van der Waals surface area contributed by atoms with Gasteiger partial charge in [0.15, 0.2) is 0 Å². The van der Waals surface area contributed by atoms with Gasteiger partial charge < -0.3 is 33.3 Å². The molecule has 0 rings (SSSR count). The molecule has 0 aromatic heterocycles. The highest BCUT2D eigenvalue weighted by Gasteiger charge is 2.15. The molecule has 0 saturated carbocycles. The molecular weight excluding hydrogens is 245 g/mol. The number of hydrogen-bond donors (Lipinski definition) is 0. The third-order valence-corrected chi connectivity index (χ3v) is 5.57. The molecule has 0 aliphatic heterocycles. The van der Waals surface area contributed by atoms with Crippen LogP contribution in [-0.4, -0.2) is 12.6 Å². The van der Waals surface area contributed by atoms with Crippen LogP contribution in [0.4, 0.5) is 0 Å². The minimum atomic E-state index is -5.33. The fraction of sp³-hybridized carbons (Fsp3) is 1.00. The third kappa shape index (κ3) is 8.81. The molecule has 0 heterocycles. The van der Waals surface area contributed by atoms with E-state index in [0.29, 0.717) is 6.66 Å². The van der Waals surface area contributed by atoms with Crippen LogP contribution in [0.1, 0.15) is 0 Å². The van der Waals surface area contributed by atoms with E-state index in [1.165, 1.54) is 0 Å². The zero-order valence-corrected chi connectivity index (χ0v) is 9.00. The van der Waals surface area contributed by atoms with E-state index in [-0.39, 0.29) is 0 Å². The first-order valence-corrected chi connectivity index (χ1v) is 8.17. The Morgan fingerprint density at radius 2 is 1.46 bits per heavy atom. The van der Waals surface area contributed by atoms with E-state index in [4.69, 9.17) is 0 Å². The summed E-state index contributed by atoms with van der Waals surface area (Å²) in [6.07, 6.45) is 0. The Kier molecular flexibility index (Phi) is 4.08. The molecule has 2 unspecified atom stereocenters. The maximum absolute atomic E-state index is 10.5. The average Bonchev–Trinajstić information content (AvgIpc) is 1.43. The molecule has 0 radical (unpaired) electrons. The normalized spacial score (nSPS) is 21.9. The van der Waals surface area contributed by atoms with Gasteiger partial charge >= 0.3 is 0 Å². The monoisotopic (exact) mass is 250 g/mol. The van der Waals surface area contributed by atoms with Crippen molar-refractivity contribution in [3.8, 4) is 0 Å². The topological polar surface area (TPSA) is 153 Å². The van der Waals surface area contributed by atoms with Crippen LogP contribution >= 0.6 is 22.8 Å². The molecule has 0 bridgehead atoms. The predicted octanol–water partition coefficient (Wildman–Crippen LogP) is -2.39. The summed E-state index contributed by atoms with van der Waals surface area (Å²) in [6.45, 7) is 0.443. The van der Waals surface area contributed by atoms with Gasteiger partial charge in [-0.15, -0.1) is 0 Å². The van der Waals surface area contributed by atoms with Crippen molar-refractivity contribution in [3.63, 3.8) is 0 Å². The predicted molar refractivity (Wildman–Crippen MR) is 34.7 cm³/mol. The van der Waals surface area contributed by atoms with Crippen molar-refractivity contribution in [2.24, 2.45) is 0 Å². The van der Waals surface area contributed by atoms with Crippen molar-refractivity contribution < 1.29 is 37.6 Å². The molecule has 8 nitrogen and oxygen atoms in total. The summed E-state index contributed by atoms with van der Waals surface area (Å²) in [6, 6.07) is 0. The molecule has 0 fully saturated rings. The molecule has 0 amide bonds. The Morgan fingerprint density at radius 1 is 1.08 bits per heavy atom. The van der Waals surface area contributed by atoms with Crippen molar-refractivity contribution in [2.75, 3.05) is 12.6 Å². The molecule has 0 aromatic rings. The first-order valence-electron chi connectivity index (χ1n) is 2.72. The van der Waals surface area contributed by atoms with Crippen LogP contribution in [0.25, 0.3) is 0 Å². The summed E-state index contributed by atoms with van der Waals surface area (Å²) in [7, 11) is -15.1. The summed E-state index contributed by atoms with van der Waals surface area (Å²) >= 11 is 0. The summed E-state index contributed by atoms with van der Waals surface area (Å²) < 4.78 is 34.2. The quantitative estimate of drug-likeness (QED) is 0.500. The lowest BCUT2D eigenvalue weighted by atomic mass is 11.9. The van der Waals surface area contributed by atoms with E-state index in [1.807, 2.05) is 0 Å². The van der Waals surface area contributed by atoms with Crippen LogP contribution in [0.3, 0.4) is 0 Å². The van der Waals surface area contributed by atoms with Crippen LogP contribution in [0.5, 0.6) is 0 Å². The zero-order chi connectivity index (χ0) is 10.9. The molecule has 0 aliphatic carbocycles. The molecule has 0 saturated heterocycles. The van der Waals surface area contributed by atoms with Gasteiger partial charge in [-0.3, -0.25) is 4.31 Å². The third-order valence-electron chi connectivity index (χ3n) is 0.619. The molecule has 0 aromatic carbocycles. The van der Waals surface area contributed by atoms with Crippen LogP contribution in [0, 0.1) is 0 Å². The van der Waals surface area contributed by atoms with Crippen LogP contribution < -0.4 is 19.6 Å². The second kappa shape index (κ2) is 3.93. The Labute approximate surface area is 73.8 Å². The number of hydrogen-bond acceptors (Lipinski definition) is 8. The van der Waals surface area contributed by atoms with Gasteiger partial charge in [0.1, 0.15) is 15.2 Å². The SMILES string of the molecule is CP(=O)([O-])OP(=O)([O-])CP(=O)([O-])[O-]. The van der Waals surface area contributed by atoms with Gasteiger partial charge in [-0.1, -0.05) is 7.60 Å². The van der Waals surface area contributed by atoms with Crippen molar-refractivity contribution in [1.29, 1.82) is 0 Å². The Hall–Kier alpha value is 0.490. The molecule has 80 valence electrons. The lowest BCUT2D eigenvalue weighted by molar-refractivity contribution is -0.312. The van der Waals surface area contributed by atoms with E-state index in [9.17, 15) is 33.3 Å². The Balaban J connectivity index is 4.54. The van der Waals surface area contributed by atoms with Gasteiger partial charge in [0.2, 0.25) is 0 Å². The summed E-state index contributed by atoms with van der Waals surface area (Å²) in [4.78, 5) is 40.7. The highest BCUT2D eigenvalue weighted by atomic mass is 31.3. The zero-order valence-electron chi connectivity index (χ0n) is 6.31. The first kappa shape index (κ1) is 13.5. The lowest BCUT2D eigenvalue weighted by Gasteiger charge is -2.37. The molecule has 13 heavy (non-hydrogen) atoms. The Morgan fingerprint density at radius 3 is 1.69 bits per heavy atom. The van der Waals surface area contributed by atoms with Crippen LogP contribution in [0.15, 0.2) is 0 Å². The van der Waals surface area contributed by atoms with E-state index < -0.39 is 28.7 Å². The van der Waals surface area contributed by atoms with Gasteiger partial charge in [0.25, 0.3) is 0 Å². The smallest absolute Gasteiger partial charge is 0.146 e. The fourth-order valence-electron chi connectivity index (χ4n) is 0.464. The van der Waals surface area contributed by atoms with E-state index in [0.717, 1.165) is 0 Å². The van der Waals surface area contributed by atoms with Crippen LogP contribution in [-0.2, 0) is 18.0 Å². The van der Waals surface area contributed by atoms with Gasteiger partial charge in [-0.25, -0.2) is 0 Å². The largest absolute Gasteiger partial charge is 0.810 e. The highest BCUT2D eigenvalue weighted by molar-refractivity contribution is 7.72.